The van der Waals surface area contributed by atoms with Gasteiger partial charge in [0.05, 0.1) is 41.0 Å². The number of hydrogen-bond acceptors (Lipinski definition) is 7. The predicted molar refractivity (Wildman–Crippen MR) is 149 cm³/mol. The fourth-order valence-electron chi connectivity index (χ4n) is 4.76. The highest BCUT2D eigenvalue weighted by molar-refractivity contribution is 6.13. The quantitative estimate of drug-likeness (QED) is 0.395. The van der Waals surface area contributed by atoms with Crippen LogP contribution in [0.15, 0.2) is 48.9 Å². The van der Waals surface area contributed by atoms with Gasteiger partial charge in [-0.15, -0.1) is 0 Å². The number of nitrogens with one attached hydrogen (secondary N) is 1. The first-order valence-corrected chi connectivity index (χ1v) is 13.2. The van der Waals surface area contributed by atoms with Crippen LogP contribution in [0.25, 0.3) is 22.2 Å². The zero-order chi connectivity index (χ0) is 28.4. The number of nitrogens with zero attached hydrogens (tertiary/aromatic N) is 7. The molecule has 208 valence electrons. The average Bonchev–Trinajstić information content (AvgIpc) is 3.56. The maximum atomic E-state index is 13.5. The minimum atomic E-state index is -0.586. The summed E-state index contributed by atoms with van der Waals surface area (Å²) in [5.74, 6) is -0.411. The van der Waals surface area contributed by atoms with Crippen LogP contribution in [0.3, 0.4) is 0 Å². The molecule has 0 spiro atoms. The minimum absolute atomic E-state index is 0.106. The molecular weight excluding hydrogens is 512 g/mol. The van der Waals surface area contributed by atoms with E-state index in [2.05, 4.69) is 15.5 Å². The molecule has 5 rings (SSSR count). The second-order valence-corrected chi connectivity index (χ2v) is 9.72. The van der Waals surface area contributed by atoms with E-state index in [0.717, 1.165) is 10.9 Å². The van der Waals surface area contributed by atoms with Gasteiger partial charge in [-0.25, -0.2) is 9.78 Å². The molecule has 0 bridgehead atoms. The Morgan fingerprint density at radius 3 is 2.50 bits per heavy atom. The zero-order valence-electron chi connectivity index (χ0n) is 23.0. The Kier molecular flexibility index (Phi) is 7.50. The Hall–Kier alpha value is -4.74. The van der Waals surface area contributed by atoms with Gasteiger partial charge in [-0.05, 0) is 32.9 Å². The topological polar surface area (TPSA) is 127 Å². The van der Waals surface area contributed by atoms with Crippen molar-refractivity contribution in [2.75, 3.05) is 38.1 Å². The molecule has 4 aromatic rings. The molecule has 1 aliphatic heterocycles. The molecule has 1 fully saturated rings. The van der Waals surface area contributed by atoms with Crippen LogP contribution < -0.4 is 5.32 Å². The molecule has 0 saturated carbocycles. The molecule has 3 amide bonds. The molecule has 1 aromatic carbocycles. The van der Waals surface area contributed by atoms with Crippen LogP contribution in [0, 0.1) is 6.92 Å². The standard InChI is InChI=1S/C28H32N8O4/c1-5-40-28(39)35-12-10-34(11-13-35)27(38)19(3)36-17-25(18(2)32-36)31-26(37)22-14-24(20-15-29-33(4)16-20)30-23-9-7-6-8-21(22)23/h6-9,14-17,19H,5,10-13H2,1-4H3,(H,31,37). The number of pyridine rings is 1. The lowest BCUT2D eigenvalue weighted by molar-refractivity contribution is -0.136. The van der Waals surface area contributed by atoms with E-state index in [1.165, 1.54) is 0 Å². The SMILES string of the molecule is CCOC(=O)N1CCN(C(=O)C(C)n2cc(NC(=O)c3cc(-c4cnn(C)c4)nc4ccccc34)c(C)n2)CC1. The van der Waals surface area contributed by atoms with Crippen LogP contribution in [0.1, 0.15) is 35.9 Å². The molecule has 40 heavy (non-hydrogen) atoms. The normalized spacial score (nSPS) is 14.3. The number of aryl methyl sites for hydroxylation is 2. The fraction of sp³-hybridized carbons (Fsp3) is 0.357. The smallest absolute Gasteiger partial charge is 0.409 e. The van der Waals surface area contributed by atoms with Gasteiger partial charge in [0.25, 0.3) is 5.91 Å². The van der Waals surface area contributed by atoms with Gasteiger partial charge in [0.15, 0.2) is 0 Å². The van der Waals surface area contributed by atoms with Gasteiger partial charge in [-0.2, -0.15) is 10.2 Å². The predicted octanol–water partition coefficient (Wildman–Crippen LogP) is 3.25. The van der Waals surface area contributed by atoms with Crippen LogP contribution in [-0.4, -0.2) is 85.0 Å². The largest absolute Gasteiger partial charge is 0.450 e. The van der Waals surface area contributed by atoms with Crippen molar-refractivity contribution in [2.45, 2.75) is 26.8 Å². The lowest BCUT2D eigenvalue weighted by atomic mass is 10.0. The number of piperazine rings is 1. The number of fused-ring (bicyclic) bond motifs is 1. The second-order valence-electron chi connectivity index (χ2n) is 9.72. The number of para-hydroxylation sites is 1. The summed E-state index contributed by atoms with van der Waals surface area (Å²) in [6.45, 7) is 7.30. The van der Waals surface area contributed by atoms with Crippen LogP contribution >= 0.6 is 0 Å². The number of ether oxygens (including phenoxy) is 1. The summed E-state index contributed by atoms with van der Waals surface area (Å²) in [4.78, 5) is 46.8. The van der Waals surface area contributed by atoms with E-state index in [4.69, 9.17) is 9.72 Å². The Morgan fingerprint density at radius 2 is 1.80 bits per heavy atom. The summed E-state index contributed by atoms with van der Waals surface area (Å²) < 4.78 is 8.31. The summed E-state index contributed by atoms with van der Waals surface area (Å²) in [5, 5.41) is 12.4. The molecule has 1 unspecified atom stereocenters. The summed E-state index contributed by atoms with van der Waals surface area (Å²) in [7, 11) is 1.83. The number of carbonyl (C=O) groups excluding carboxylic acids is 3. The molecule has 12 heteroatoms. The molecule has 1 atom stereocenters. The third-order valence-corrected chi connectivity index (χ3v) is 7.00. The summed E-state index contributed by atoms with van der Waals surface area (Å²) in [5.41, 5.74) is 3.73. The lowest BCUT2D eigenvalue weighted by Crippen LogP contribution is -2.52. The van der Waals surface area contributed by atoms with E-state index in [-0.39, 0.29) is 17.9 Å². The molecule has 0 aliphatic carbocycles. The van der Waals surface area contributed by atoms with Crippen molar-refractivity contribution in [1.82, 2.24) is 34.3 Å². The summed E-state index contributed by atoms with van der Waals surface area (Å²) in [6, 6.07) is 8.66. The van der Waals surface area contributed by atoms with Crippen molar-refractivity contribution in [1.29, 1.82) is 0 Å². The first-order valence-electron chi connectivity index (χ1n) is 13.2. The first kappa shape index (κ1) is 26.9. The average molecular weight is 545 g/mol. The van der Waals surface area contributed by atoms with Gasteiger partial charge in [-0.3, -0.25) is 19.0 Å². The Balaban J connectivity index is 1.32. The van der Waals surface area contributed by atoms with Gasteiger partial charge < -0.3 is 19.9 Å². The van der Waals surface area contributed by atoms with Crippen molar-refractivity contribution in [3.63, 3.8) is 0 Å². The first-order chi connectivity index (χ1) is 19.2. The Bertz CT molecular complexity index is 1570. The van der Waals surface area contributed by atoms with Crippen molar-refractivity contribution in [3.05, 3.63) is 60.2 Å². The van der Waals surface area contributed by atoms with Gasteiger partial charge in [0.2, 0.25) is 5.91 Å². The van der Waals surface area contributed by atoms with Crippen molar-refractivity contribution in [2.24, 2.45) is 7.05 Å². The molecule has 1 aliphatic rings. The van der Waals surface area contributed by atoms with Gasteiger partial charge >= 0.3 is 6.09 Å². The Morgan fingerprint density at radius 1 is 1.07 bits per heavy atom. The maximum Gasteiger partial charge on any atom is 0.409 e. The lowest BCUT2D eigenvalue weighted by Gasteiger charge is -2.35. The van der Waals surface area contributed by atoms with E-state index in [1.807, 2.05) is 37.5 Å². The third kappa shape index (κ3) is 5.37. The van der Waals surface area contributed by atoms with Crippen molar-refractivity contribution >= 4 is 34.5 Å². The van der Waals surface area contributed by atoms with Crippen molar-refractivity contribution < 1.29 is 19.1 Å². The summed E-state index contributed by atoms with van der Waals surface area (Å²) >= 11 is 0. The van der Waals surface area contributed by atoms with Gasteiger partial charge in [-0.1, -0.05) is 18.2 Å². The van der Waals surface area contributed by atoms with E-state index >= 15 is 0 Å². The van der Waals surface area contributed by atoms with Crippen LogP contribution in [-0.2, 0) is 16.6 Å². The minimum Gasteiger partial charge on any atom is -0.450 e. The molecule has 0 radical (unpaired) electrons. The number of benzene rings is 1. The molecule has 1 N–H and O–H groups in total. The Labute approximate surface area is 231 Å². The summed E-state index contributed by atoms with van der Waals surface area (Å²) in [6.07, 6.45) is 4.88. The van der Waals surface area contributed by atoms with E-state index in [9.17, 15) is 14.4 Å². The van der Waals surface area contributed by atoms with Crippen molar-refractivity contribution in [3.8, 4) is 11.3 Å². The van der Waals surface area contributed by atoms with Gasteiger partial charge in [0, 0.05) is 56.6 Å². The molecular formula is C28H32N8O4. The molecule has 3 aromatic heterocycles. The molecule has 12 nitrogen and oxygen atoms in total. The maximum absolute atomic E-state index is 13.5. The highest BCUT2D eigenvalue weighted by atomic mass is 16.6. The number of carbonyl (C=O) groups is 3. The second kappa shape index (κ2) is 11.2. The van der Waals surface area contributed by atoms with E-state index in [1.54, 1.807) is 58.4 Å². The number of amides is 3. The van der Waals surface area contributed by atoms with E-state index in [0.29, 0.717) is 60.9 Å². The highest BCUT2D eigenvalue weighted by Crippen LogP contribution is 2.26. The fourth-order valence-corrected chi connectivity index (χ4v) is 4.76. The van der Waals surface area contributed by atoms with E-state index < -0.39 is 6.04 Å². The number of aromatic nitrogens is 5. The zero-order valence-corrected chi connectivity index (χ0v) is 23.0. The van der Waals surface area contributed by atoms with Crippen LogP contribution in [0.5, 0.6) is 0 Å². The molecule has 1 saturated heterocycles. The number of rotatable bonds is 6. The third-order valence-electron chi connectivity index (χ3n) is 7.00. The number of hydrogen-bond donors (Lipinski definition) is 1. The monoisotopic (exact) mass is 544 g/mol. The van der Waals surface area contributed by atoms with Gasteiger partial charge in [0.1, 0.15) is 6.04 Å². The van der Waals surface area contributed by atoms with Crippen LogP contribution in [0.4, 0.5) is 10.5 Å². The van der Waals surface area contributed by atoms with Crippen LogP contribution in [0.2, 0.25) is 0 Å². The highest BCUT2D eigenvalue weighted by Gasteiger charge is 2.29. The molecule has 4 heterocycles. The number of anilines is 1.